The number of fused-ring (bicyclic) bond motifs is 1. The van der Waals surface area contributed by atoms with Crippen molar-refractivity contribution in [2.45, 2.75) is 64.8 Å². The first-order chi connectivity index (χ1) is 16.8. The number of piperidine rings is 1. The molecule has 0 spiro atoms. The fourth-order valence-electron chi connectivity index (χ4n) is 5.84. The highest BCUT2D eigenvalue weighted by molar-refractivity contribution is 5.94. The molecule has 35 heavy (non-hydrogen) atoms. The van der Waals surface area contributed by atoms with Gasteiger partial charge in [-0.15, -0.1) is 0 Å². The third-order valence-corrected chi connectivity index (χ3v) is 8.06. The lowest BCUT2D eigenvalue weighted by atomic mass is 9.94. The van der Waals surface area contributed by atoms with Gasteiger partial charge in [0.25, 0.3) is 0 Å². The summed E-state index contributed by atoms with van der Waals surface area (Å²) in [5, 5.41) is 11.0. The molecule has 0 saturated carbocycles. The van der Waals surface area contributed by atoms with E-state index in [0.717, 1.165) is 49.0 Å². The smallest absolute Gasteiger partial charge is 0.338 e. The van der Waals surface area contributed by atoms with E-state index in [2.05, 4.69) is 11.8 Å². The topological polar surface area (TPSA) is 99.6 Å². The molecule has 4 heterocycles. The van der Waals surface area contributed by atoms with E-state index in [0.29, 0.717) is 29.9 Å². The molecule has 2 amide bonds. The molecule has 2 fully saturated rings. The minimum Gasteiger partial charge on any atom is -0.457 e. The summed E-state index contributed by atoms with van der Waals surface area (Å²) in [6.45, 7) is 8.89. The number of hydrogen-bond donors (Lipinski definition) is 1. The number of amides is 2. The molecule has 1 aromatic rings. The van der Waals surface area contributed by atoms with Gasteiger partial charge >= 0.3 is 18.0 Å². The van der Waals surface area contributed by atoms with Crippen molar-refractivity contribution in [1.82, 2.24) is 14.7 Å². The summed E-state index contributed by atoms with van der Waals surface area (Å²) in [5.41, 5.74) is 4.44. The van der Waals surface area contributed by atoms with Gasteiger partial charge in [0.15, 0.2) is 0 Å². The number of ether oxygens (including phenoxy) is 2. The molecule has 188 valence electrons. The van der Waals surface area contributed by atoms with Crippen molar-refractivity contribution in [2.24, 2.45) is 0 Å². The second kappa shape index (κ2) is 9.28. The molecule has 1 unspecified atom stereocenters. The Hall–Kier alpha value is -2.91. The van der Waals surface area contributed by atoms with Gasteiger partial charge in [-0.2, -0.15) is 0 Å². The molecule has 0 aromatic heterocycles. The van der Waals surface area contributed by atoms with Crippen LogP contribution in [0.3, 0.4) is 0 Å². The van der Waals surface area contributed by atoms with Crippen molar-refractivity contribution >= 4 is 18.0 Å². The van der Waals surface area contributed by atoms with Crippen molar-refractivity contribution in [1.29, 1.82) is 0 Å². The molecule has 1 aromatic carbocycles. The van der Waals surface area contributed by atoms with Crippen LogP contribution in [0.1, 0.15) is 66.3 Å². The molecule has 0 bridgehead atoms. The van der Waals surface area contributed by atoms with Crippen molar-refractivity contribution in [3.05, 3.63) is 45.7 Å². The highest BCUT2D eigenvalue weighted by Gasteiger charge is 2.44. The fourth-order valence-corrected chi connectivity index (χ4v) is 5.84. The second-order valence-corrected chi connectivity index (χ2v) is 9.94. The van der Waals surface area contributed by atoms with E-state index >= 15 is 0 Å². The number of urea groups is 1. The third-order valence-electron chi connectivity index (χ3n) is 8.06. The van der Waals surface area contributed by atoms with Crippen LogP contribution in [0.2, 0.25) is 0 Å². The average molecular weight is 484 g/mol. The molecule has 9 nitrogen and oxygen atoms in total. The summed E-state index contributed by atoms with van der Waals surface area (Å²) >= 11 is 0. The molecule has 0 radical (unpaired) electrons. The van der Waals surface area contributed by atoms with Gasteiger partial charge in [0, 0.05) is 37.8 Å². The lowest BCUT2D eigenvalue weighted by molar-refractivity contribution is -0.136. The van der Waals surface area contributed by atoms with Gasteiger partial charge in [-0.1, -0.05) is 13.0 Å². The number of rotatable bonds is 6. The predicted molar refractivity (Wildman–Crippen MR) is 126 cm³/mol. The van der Waals surface area contributed by atoms with Gasteiger partial charge in [0.2, 0.25) is 0 Å². The van der Waals surface area contributed by atoms with Gasteiger partial charge in [-0.25, -0.2) is 14.4 Å². The van der Waals surface area contributed by atoms with Crippen LogP contribution in [0, 0.1) is 6.92 Å². The first-order valence-electron chi connectivity index (χ1n) is 12.5. The van der Waals surface area contributed by atoms with Gasteiger partial charge in [-0.3, -0.25) is 4.90 Å². The Bertz CT molecular complexity index is 1090. The Balaban J connectivity index is 1.21. The van der Waals surface area contributed by atoms with Crippen LogP contribution >= 0.6 is 0 Å². The van der Waals surface area contributed by atoms with Crippen LogP contribution in [-0.2, 0) is 20.9 Å². The van der Waals surface area contributed by atoms with Crippen molar-refractivity contribution in [3.8, 4) is 0 Å². The number of hydrogen-bond acceptors (Lipinski definition) is 7. The number of aliphatic hydroxyl groups excluding tert-OH is 1. The van der Waals surface area contributed by atoms with Crippen LogP contribution in [0.25, 0.3) is 0 Å². The lowest BCUT2D eigenvalue weighted by Gasteiger charge is -2.37. The third kappa shape index (κ3) is 4.10. The number of nitrogens with zero attached hydrogens (tertiary/aromatic N) is 3. The maximum atomic E-state index is 13.4. The highest BCUT2D eigenvalue weighted by Crippen LogP contribution is 2.33. The Morgan fingerprint density at radius 3 is 2.43 bits per heavy atom. The van der Waals surface area contributed by atoms with Crippen LogP contribution in [0.15, 0.2) is 23.4 Å². The van der Waals surface area contributed by atoms with Gasteiger partial charge in [-0.05, 0) is 50.3 Å². The normalized spacial score (nSPS) is 24.3. The monoisotopic (exact) mass is 483 g/mol. The second-order valence-electron chi connectivity index (χ2n) is 9.94. The SMILES string of the molecule is CCC1CN(C2CCN(C[C@H](O)c3ccc4c(c3C)COC4=O)CC2)C(=O)N1C1=C(C)C(=O)OC1. The van der Waals surface area contributed by atoms with E-state index in [-0.39, 0.29) is 43.3 Å². The molecular weight excluding hydrogens is 450 g/mol. The maximum absolute atomic E-state index is 13.4. The summed E-state index contributed by atoms with van der Waals surface area (Å²) in [7, 11) is 0. The van der Waals surface area contributed by atoms with Gasteiger partial charge in [0.1, 0.15) is 13.2 Å². The maximum Gasteiger partial charge on any atom is 0.338 e. The van der Waals surface area contributed by atoms with Crippen molar-refractivity contribution < 1.29 is 29.0 Å². The number of esters is 2. The van der Waals surface area contributed by atoms with Crippen LogP contribution < -0.4 is 0 Å². The summed E-state index contributed by atoms with van der Waals surface area (Å²) < 4.78 is 10.3. The van der Waals surface area contributed by atoms with E-state index in [1.807, 2.05) is 17.9 Å². The predicted octanol–water partition coefficient (Wildman–Crippen LogP) is 2.51. The molecule has 2 saturated heterocycles. The van der Waals surface area contributed by atoms with E-state index < -0.39 is 6.10 Å². The molecule has 9 heteroatoms. The lowest BCUT2D eigenvalue weighted by Crippen LogP contribution is -2.47. The van der Waals surface area contributed by atoms with Crippen molar-refractivity contribution in [3.63, 3.8) is 0 Å². The van der Waals surface area contributed by atoms with E-state index in [1.165, 1.54) is 0 Å². The first kappa shape index (κ1) is 23.8. The Morgan fingerprint density at radius 2 is 1.77 bits per heavy atom. The quantitative estimate of drug-likeness (QED) is 0.621. The number of benzene rings is 1. The summed E-state index contributed by atoms with van der Waals surface area (Å²) in [6.07, 6.45) is 1.83. The Labute approximate surface area is 205 Å². The zero-order valence-corrected chi connectivity index (χ0v) is 20.6. The molecule has 5 rings (SSSR count). The van der Waals surface area contributed by atoms with Crippen LogP contribution in [0.5, 0.6) is 0 Å². The molecule has 4 aliphatic rings. The summed E-state index contributed by atoms with van der Waals surface area (Å²) in [6, 6.07) is 3.72. The van der Waals surface area contributed by atoms with Crippen LogP contribution in [-0.4, -0.2) is 82.6 Å². The van der Waals surface area contributed by atoms with E-state index in [1.54, 1.807) is 17.9 Å². The minimum atomic E-state index is -0.657. The Kier molecular flexibility index (Phi) is 6.31. The Morgan fingerprint density at radius 1 is 1.06 bits per heavy atom. The zero-order chi connectivity index (χ0) is 24.9. The highest BCUT2D eigenvalue weighted by atomic mass is 16.5. The van der Waals surface area contributed by atoms with Crippen molar-refractivity contribution in [2.75, 3.05) is 32.8 Å². The van der Waals surface area contributed by atoms with Gasteiger partial charge in [0.05, 0.1) is 29.0 Å². The fraction of sp³-hybridized carbons (Fsp3) is 0.577. The van der Waals surface area contributed by atoms with Gasteiger partial charge < -0.3 is 24.4 Å². The number of carbonyl (C=O) groups excluding carboxylic acids is 3. The van der Waals surface area contributed by atoms with E-state index in [4.69, 9.17) is 9.47 Å². The van der Waals surface area contributed by atoms with E-state index in [9.17, 15) is 19.5 Å². The largest absolute Gasteiger partial charge is 0.457 e. The zero-order valence-electron chi connectivity index (χ0n) is 20.6. The number of likely N-dealkylation sites (tertiary alicyclic amines) is 1. The molecular formula is C26H33N3O6. The molecule has 0 aliphatic carbocycles. The number of carbonyl (C=O) groups is 3. The molecule has 1 N–H and O–H groups in total. The first-order valence-corrected chi connectivity index (χ1v) is 12.5. The minimum absolute atomic E-state index is 0.0338. The summed E-state index contributed by atoms with van der Waals surface area (Å²) in [5.74, 6) is -0.643. The molecule has 4 aliphatic heterocycles. The molecule has 2 atom stereocenters. The average Bonchev–Trinajstić information content (AvgIpc) is 3.50. The number of cyclic esters (lactones) is 2. The number of β-amino-alcohol motifs (C(OH)–C–C–N with tert-alkyl or cyclic N) is 1. The number of aliphatic hydroxyl groups is 1. The van der Waals surface area contributed by atoms with Crippen LogP contribution in [0.4, 0.5) is 4.79 Å². The standard InChI is InChI=1S/C26H33N3O6/c1-4-17-11-28(26(33)29(17)22-14-35-24(31)16(22)3)18-7-9-27(10-8-18)12-23(30)19-5-6-20-21(15(19)2)13-34-25(20)32/h5-6,17-18,23,30H,4,7-14H2,1-3H3/t17?,23-/m0/s1. The summed E-state index contributed by atoms with van der Waals surface area (Å²) in [4.78, 5) is 43.0.